The molecule has 0 aliphatic carbocycles. The van der Waals surface area contributed by atoms with Crippen molar-refractivity contribution in [2.24, 2.45) is 0 Å². The first kappa shape index (κ1) is 20.4. The molecule has 140 valence electrons. The highest BCUT2D eigenvalue weighted by Gasteiger charge is 2.14. The third-order valence-electron chi connectivity index (χ3n) is 3.82. The lowest BCUT2D eigenvalue weighted by Gasteiger charge is -2.06. The Kier molecular flexibility index (Phi) is 8.06. The van der Waals surface area contributed by atoms with E-state index < -0.39 is 0 Å². The number of nitrogens with zero attached hydrogens (tertiary/aromatic N) is 2. The molecule has 2 rings (SSSR count). The number of amides is 2. The number of hydrogen-bond donors (Lipinski definition) is 2. The molecule has 0 aliphatic rings. The molecule has 0 atom stereocenters. The maximum atomic E-state index is 12.0. The minimum Gasteiger partial charge on any atom is -0.325 e. The summed E-state index contributed by atoms with van der Waals surface area (Å²) in [6.07, 6.45) is 2.01. The summed E-state index contributed by atoms with van der Waals surface area (Å²) in [5.74, 6) is 0.499. The van der Waals surface area contributed by atoms with Gasteiger partial charge in [0.2, 0.25) is 16.9 Å². The Labute approximate surface area is 162 Å². The van der Waals surface area contributed by atoms with Crippen LogP contribution in [-0.2, 0) is 9.59 Å². The van der Waals surface area contributed by atoms with Gasteiger partial charge in [0, 0.05) is 11.6 Å². The van der Waals surface area contributed by atoms with E-state index in [0.717, 1.165) is 29.1 Å². The lowest BCUT2D eigenvalue weighted by molar-refractivity contribution is -0.114. The summed E-state index contributed by atoms with van der Waals surface area (Å²) in [4.78, 5) is 23.9. The number of hydrogen-bond acceptors (Lipinski definition) is 6. The second kappa shape index (κ2) is 10.3. The lowest BCUT2D eigenvalue weighted by Crippen LogP contribution is -2.18. The molecule has 0 aliphatic heterocycles. The van der Waals surface area contributed by atoms with E-state index in [-0.39, 0.29) is 23.3 Å². The van der Waals surface area contributed by atoms with E-state index in [4.69, 9.17) is 0 Å². The van der Waals surface area contributed by atoms with Crippen molar-refractivity contribution in [3.8, 4) is 0 Å². The number of carbonyl (C=O) groups is 2. The van der Waals surface area contributed by atoms with Crippen LogP contribution in [0, 0.1) is 6.92 Å². The quantitative estimate of drug-likeness (QED) is 0.672. The number of aryl methyl sites for hydroxylation is 1. The summed E-state index contributed by atoms with van der Waals surface area (Å²) >= 11 is 2.68. The van der Waals surface area contributed by atoms with Gasteiger partial charge in [0.1, 0.15) is 5.01 Å². The third kappa shape index (κ3) is 6.42. The van der Waals surface area contributed by atoms with Crippen LogP contribution in [0.5, 0.6) is 0 Å². The van der Waals surface area contributed by atoms with Crippen LogP contribution in [0.4, 0.5) is 10.8 Å². The third-order valence-corrected chi connectivity index (χ3v) is 5.76. The molecule has 8 heteroatoms. The molecule has 1 heterocycles. The van der Waals surface area contributed by atoms with E-state index in [2.05, 4.69) is 34.7 Å². The van der Waals surface area contributed by atoms with Crippen LogP contribution in [0.25, 0.3) is 0 Å². The summed E-state index contributed by atoms with van der Waals surface area (Å²) in [5, 5.41) is 15.2. The molecule has 0 saturated heterocycles. The molecule has 0 saturated carbocycles. The molecule has 2 amide bonds. The Morgan fingerprint density at radius 3 is 2.27 bits per heavy atom. The van der Waals surface area contributed by atoms with E-state index in [1.165, 1.54) is 23.1 Å². The molecule has 0 radical (unpaired) electrons. The molecule has 26 heavy (non-hydrogen) atoms. The fourth-order valence-electron chi connectivity index (χ4n) is 2.31. The van der Waals surface area contributed by atoms with Gasteiger partial charge in [0.25, 0.3) is 0 Å². The van der Waals surface area contributed by atoms with E-state index in [1.807, 2.05) is 31.2 Å². The predicted octanol–water partition coefficient (Wildman–Crippen LogP) is 4.06. The van der Waals surface area contributed by atoms with E-state index in [9.17, 15) is 9.59 Å². The molecular formula is C18H24N4O2S2. The van der Waals surface area contributed by atoms with Crippen molar-refractivity contribution in [3.05, 3.63) is 34.8 Å². The maximum Gasteiger partial charge on any atom is 0.236 e. The van der Waals surface area contributed by atoms with Gasteiger partial charge in [-0.2, -0.15) is 0 Å². The number of rotatable bonds is 9. The molecular weight excluding hydrogens is 368 g/mol. The van der Waals surface area contributed by atoms with Gasteiger partial charge in [-0.25, -0.2) is 0 Å². The van der Waals surface area contributed by atoms with Crippen molar-refractivity contribution in [1.82, 2.24) is 10.2 Å². The molecule has 0 unspecified atom stereocenters. The van der Waals surface area contributed by atoms with Crippen molar-refractivity contribution in [2.75, 3.05) is 22.1 Å². The molecule has 0 spiro atoms. The fourth-order valence-corrected chi connectivity index (χ4v) is 3.96. The van der Waals surface area contributed by atoms with Crippen LogP contribution >= 0.6 is 23.1 Å². The molecule has 2 aromatic rings. The van der Waals surface area contributed by atoms with Gasteiger partial charge >= 0.3 is 0 Å². The first-order valence-electron chi connectivity index (χ1n) is 8.59. The number of nitrogens with one attached hydrogen (secondary N) is 2. The van der Waals surface area contributed by atoms with E-state index >= 15 is 0 Å². The van der Waals surface area contributed by atoms with Crippen LogP contribution in [0.1, 0.15) is 43.2 Å². The fraction of sp³-hybridized carbons (Fsp3) is 0.444. The van der Waals surface area contributed by atoms with Gasteiger partial charge in [-0.15, -0.1) is 22.0 Å². The minimum absolute atomic E-state index is 0.126. The highest BCUT2D eigenvalue weighted by molar-refractivity contribution is 8.00. The average molecular weight is 393 g/mol. The number of carbonyl (C=O) groups excluding carboxylic acids is 2. The molecule has 0 fully saturated rings. The minimum atomic E-state index is -0.176. The Morgan fingerprint density at radius 1 is 1.04 bits per heavy atom. The predicted molar refractivity (Wildman–Crippen MR) is 109 cm³/mol. The normalized spacial score (nSPS) is 10.8. The van der Waals surface area contributed by atoms with Crippen LogP contribution in [0.2, 0.25) is 0 Å². The Balaban J connectivity index is 1.71. The summed E-state index contributed by atoms with van der Waals surface area (Å²) in [7, 11) is 0. The number of benzene rings is 1. The van der Waals surface area contributed by atoms with Crippen LogP contribution in [-0.4, -0.2) is 33.5 Å². The summed E-state index contributed by atoms with van der Waals surface area (Å²) in [6.45, 7) is 6.23. The maximum absolute atomic E-state index is 12.0. The largest absolute Gasteiger partial charge is 0.325 e. The first-order valence-corrected chi connectivity index (χ1v) is 10.6. The monoisotopic (exact) mass is 392 g/mol. The molecule has 0 bridgehead atoms. The first-order chi connectivity index (χ1) is 12.5. The smallest absolute Gasteiger partial charge is 0.236 e. The number of thioether (sulfide) groups is 1. The zero-order valence-corrected chi connectivity index (χ0v) is 16.9. The van der Waals surface area contributed by atoms with E-state index in [0.29, 0.717) is 11.0 Å². The summed E-state index contributed by atoms with van der Waals surface area (Å²) < 4.78 is 0. The van der Waals surface area contributed by atoms with Crippen LogP contribution in [0.15, 0.2) is 24.3 Å². The highest BCUT2D eigenvalue weighted by atomic mass is 32.2. The zero-order chi connectivity index (χ0) is 18.9. The number of aromatic nitrogens is 2. The topological polar surface area (TPSA) is 84.0 Å². The Morgan fingerprint density at radius 2 is 1.65 bits per heavy atom. The van der Waals surface area contributed by atoms with Crippen molar-refractivity contribution < 1.29 is 9.59 Å². The van der Waals surface area contributed by atoms with Gasteiger partial charge in [0.15, 0.2) is 0 Å². The van der Waals surface area contributed by atoms with Gasteiger partial charge in [-0.05, 0) is 31.9 Å². The Bertz CT molecular complexity index is 727. The average Bonchev–Trinajstić information content (AvgIpc) is 3.06. The van der Waals surface area contributed by atoms with E-state index in [1.54, 1.807) is 0 Å². The lowest BCUT2D eigenvalue weighted by atomic mass is 10.1. The van der Waals surface area contributed by atoms with Gasteiger partial charge in [-0.3, -0.25) is 14.9 Å². The van der Waals surface area contributed by atoms with Gasteiger partial charge in [-0.1, -0.05) is 42.9 Å². The second-order valence-electron chi connectivity index (χ2n) is 5.91. The summed E-state index contributed by atoms with van der Waals surface area (Å²) in [5.41, 5.74) is 1.89. The van der Waals surface area contributed by atoms with Gasteiger partial charge < -0.3 is 5.32 Å². The van der Waals surface area contributed by atoms with Crippen molar-refractivity contribution in [1.29, 1.82) is 0 Å². The molecule has 1 aromatic carbocycles. The molecule has 6 nitrogen and oxygen atoms in total. The van der Waals surface area contributed by atoms with Crippen molar-refractivity contribution in [2.45, 2.75) is 39.5 Å². The van der Waals surface area contributed by atoms with Crippen molar-refractivity contribution in [3.63, 3.8) is 0 Å². The highest BCUT2D eigenvalue weighted by Crippen LogP contribution is 2.28. The molecule has 1 aromatic heterocycles. The van der Waals surface area contributed by atoms with Gasteiger partial charge in [0.05, 0.1) is 11.5 Å². The van der Waals surface area contributed by atoms with Crippen molar-refractivity contribution >= 4 is 45.7 Å². The number of anilines is 2. The van der Waals surface area contributed by atoms with Crippen LogP contribution < -0.4 is 10.6 Å². The molecule has 2 N–H and O–H groups in total. The summed E-state index contributed by atoms with van der Waals surface area (Å²) in [6, 6.07) is 7.59. The van der Waals surface area contributed by atoms with Crippen LogP contribution in [0.3, 0.4) is 0 Å². The SMILES string of the molecule is CCC(CC)c1nnc(NC(=O)CSCC(=O)Nc2ccc(C)cc2)s1. The Hall–Kier alpha value is -1.93. The zero-order valence-electron chi connectivity index (χ0n) is 15.2. The second-order valence-corrected chi connectivity index (χ2v) is 7.91. The standard InChI is InChI=1S/C18H24N4O2S2/c1-4-13(5-2)17-21-22-18(26-17)20-16(24)11-25-10-15(23)19-14-8-6-12(3)7-9-14/h6-9,13H,4-5,10-11H2,1-3H3,(H,19,23)(H,20,22,24).